The van der Waals surface area contributed by atoms with Crippen LogP contribution in [0.25, 0.3) is 22.2 Å². The van der Waals surface area contributed by atoms with E-state index in [9.17, 15) is 9.59 Å². The Morgan fingerprint density at radius 3 is 2.70 bits per heavy atom. The van der Waals surface area contributed by atoms with Crippen LogP contribution < -0.4 is 15.6 Å². The molecule has 3 heterocycles. The second-order valence-electron chi connectivity index (χ2n) is 8.13. The molecule has 0 bridgehead atoms. The number of hydrogen-bond donors (Lipinski definition) is 1. The number of methoxy groups -OCH3 is 1. The Labute approximate surface area is 195 Å². The van der Waals surface area contributed by atoms with Gasteiger partial charge in [-0.3, -0.25) is 19.5 Å². The van der Waals surface area contributed by atoms with Crippen molar-refractivity contribution in [1.29, 1.82) is 0 Å². The van der Waals surface area contributed by atoms with E-state index >= 15 is 0 Å². The minimum Gasteiger partial charge on any atom is -0.497 e. The predicted molar refractivity (Wildman–Crippen MR) is 130 cm³/mol. The van der Waals surface area contributed by atoms with Gasteiger partial charge in [-0.15, -0.1) is 11.3 Å². The summed E-state index contributed by atoms with van der Waals surface area (Å²) in [6.07, 6.45) is 3.90. The molecule has 2 aromatic heterocycles. The zero-order valence-electron chi connectivity index (χ0n) is 18.6. The molecule has 7 nitrogen and oxygen atoms in total. The van der Waals surface area contributed by atoms with Crippen LogP contribution in [0, 0.1) is 6.92 Å². The summed E-state index contributed by atoms with van der Waals surface area (Å²) in [5.41, 5.74) is 2.78. The number of rotatable bonds is 4. The molecule has 0 fully saturated rings. The number of nitrogens with zero attached hydrogens (tertiary/aromatic N) is 3. The zero-order valence-corrected chi connectivity index (χ0v) is 19.4. The van der Waals surface area contributed by atoms with E-state index in [4.69, 9.17) is 9.72 Å². The SMILES string of the molecule is COc1ccc(-c2nc(NC(=O)c3ccc4c(=O)n5c(nc4c3)CCCCC5)sc2C)cc1. The van der Waals surface area contributed by atoms with Crippen molar-refractivity contribution in [2.75, 3.05) is 12.4 Å². The summed E-state index contributed by atoms with van der Waals surface area (Å²) >= 11 is 1.43. The molecule has 5 rings (SSSR count). The van der Waals surface area contributed by atoms with Crippen LogP contribution in [0.4, 0.5) is 5.13 Å². The summed E-state index contributed by atoms with van der Waals surface area (Å²) in [7, 11) is 1.63. The number of carbonyl (C=O) groups is 1. The first kappa shape index (κ1) is 21.3. The first-order chi connectivity index (χ1) is 16.0. The van der Waals surface area contributed by atoms with Gasteiger partial charge in [0.1, 0.15) is 11.6 Å². The van der Waals surface area contributed by atoms with Crippen molar-refractivity contribution in [3.8, 4) is 17.0 Å². The number of amides is 1. The lowest BCUT2D eigenvalue weighted by molar-refractivity contribution is 0.102. The summed E-state index contributed by atoms with van der Waals surface area (Å²) in [5.74, 6) is 1.31. The van der Waals surface area contributed by atoms with Crippen LogP contribution >= 0.6 is 11.3 Å². The number of ether oxygens (including phenoxy) is 1. The van der Waals surface area contributed by atoms with Crippen LogP contribution in [-0.4, -0.2) is 27.6 Å². The third-order valence-corrected chi connectivity index (χ3v) is 6.85. The lowest BCUT2D eigenvalue weighted by Crippen LogP contribution is -2.24. The quantitative estimate of drug-likeness (QED) is 0.472. The predicted octanol–water partition coefficient (Wildman–Crippen LogP) is 4.82. The van der Waals surface area contributed by atoms with Gasteiger partial charge in [0.25, 0.3) is 11.5 Å². The molecule has 1 aliphatic rings. The number of fused-ring (bicyclic) bond motifs is 2. The van der Waals surface area contributed by atoms with Crippen molar-refractivity contribution < 1.29 is 9.53 Å². The number of carbonyl (C=O) groups excluding carboxylic acids is 1. The van der Waals surface area contributed by atoms with Crippen molar-refractivity contribution in [2.24, 2.45) is 0 Å². The minimum absolute atomic E-state index is 0.0245. The van der Waals surface area contributed by atoms with Crippen molar-refractivity contribution in [3.05, 3.63) is 69.1 Å². The maximum absolute atomic E-state index is 13.0. The first-order valence-electron chi connectivity index (χ1n) is 11.0. The molecule has 0 radical (unpaired) electrons. The summed E-state index contributed by atoms with van der Waals surface area (Å²) in [5, 5.41) is 3.97. The Hall–Kier alpha value is -3.52. The fourth-order valence-electron chi connectivity index (χ4n) is 4.20. The normalized spacial score (nSPS) is 13.4. The van der Waals surface area contributed by atoms with E-state index < -0.39 is 0 Å². The monoisotopic (exact) mass is 460 g/mol. The molecule has 0 saturated heterocycles. The third kappa shape index (κ3) is 4.14. The Balaban J connectivity index is 1.42. The standard InChI is InChI=1S/C25H24N4O3S/c1-15-22(16-7-10-18(32-2)11-8-16)27-25(33-15)28-23(30)17-9-12-19-20(14-17)26-21-6-4-3-5-13-29(21)24(19)31/h7-12,14H,3-6,13H2,1-2H3,(H,27,28,30). The number of hydrogen-bond acceptors (Lipinski definition) is 6. The molecule has 2 aromatic carbocycles. The van der Waals surface area contributed by atoms with E-state index in [-0.39, 0.29) is 11.5 Å². The van der Waals surface area contributed by atoms with E-state index in [2.05, 4.69) is 10.3 Å². The van der Waals surface area contributed by atoms with Crippen LogP contribution in [-0.2, 0) is 13.0 Å². The van der Waals surface area contributed by atoms with Gasteiger partial charge in [0.05, 0.1) is 23.7 Å². The number of aromatic nitrogens is 3. The Morgan fingerprint density at radius 1 is 1.09 bits per heavy atom. The minimum atomic E-state index is -0.274. The van der Waals surface area contributed by atoms with Crippen molar-refractivity contribution >= 4 is 33.3 Å². The van der Waals surface area contributed by atoms with E-state index in [1.54, 1.807) is 29.9 Å². The molecule has 8 heteroatoms. The van der Waals surface area contributed by atoms with Crippen LogP contribution in [0.3, 0.4) is 0 Å². The smallest absolute Gasteiger partial charge is 0.261 e. The van der Waals surface area contributed by atoms with Crippen LogP contribution in [0.1, 0.15) is 40.3 Å². The van der Waals surface area contributed by atoms with E-state index in [1.165, 1.54) is 11.3 Å². The largest absolute Gasteiger partial charge is 0.497 e. The highest BCUT2D eigenvalue weighted by atomic mass is 32.1. The molecule has 4 aromatic rings. The lowest BCUT2D eigenvalue weighted by atomic mass is 10.1. The first-order valence-corrected chi connectivity index (χ1v) is 11.8. The molecule has 168 valence electrons. The average Bonchev–Trinajstić information content (AvgIpc) is 3.03. The number of benzene rings is 2. The Morgan fingerprint density at radius 2 is 1.91 bits per heavy atom. The molecular weight excluding hydrogens is 436 g/mol. The molecule has 0 saturated carbocycles. The molecule has 1 N–H and O–H groups in total. The van der Waals surface area contributed by atoms with Crippen molar-refractivity contribution in [3.63, 3.8) is 0 Å². The second kappa shape index (κ2) is 8.78. The number of nitrogens with one attached hydrogen (secondary N) is 1. The lowest BCUT2D eigenvalue weighted by Gasteiger charge is -2.10. The van der Waals surface area contributed by atoms with Gasteiger partial charge >= 0.3 is 0 Å². The fourth-order valence-corrected chi connectivity index (χ4v) is 5.03. The van der Waals surface area contributed by atoms with Crippen LogP contribution in [0.5, 0.6) is 5.75 Å². The summed E-state index contributed by atoms with van der Waals surface area (Å²) in [6, 6.07) is 12.7. The zero-order chi connectivity index (χ0) is 22.9. The summed E-state index contributed by atoms with van der Waals surface area (Å²) < 4.78 is 7.00. The molecule has 1 amide bonds. The van der Waals surface area contributed by atoms with Gasteiger partial charge in [-0.1, -0.05) is 6.42 Å². The Bertz CT molecular complexity index is 1410. The average molecular weight is 461 g/mol. The van der Waals surface area contributed by atoms with Gasteiger partial charge in [-0.2, -0.15) is 0 Å². The molecule has 0 aliphatic carbocycles. The van der Waals surface area contributed by atoms with Gasteiger partial charge in [0.2, 0.25) is 0 Å². The molecule has 0 unspecified atom stereocenters. The maximum Gasteiger partial charge on any atom is 0.261 e. The van der Waals surface area contributed by atoms with Gasteiger partial charge in [-0.25, -0.2) is 9.97 Å². The van der Waals surface area contributed by atoms with Crippen molar-refractivity contribution in [2.45, 2.75) is 39.2 Å². The fraction of sp³-hybridized carbons (Fsp3) is 0.280. The van der Waals surface area contributed by atoms with Crippen molar-refractivity contribution in [1.82, 2.24) is 14.5 Å². The van der Waals surface area contributed by atoms with E-state index in [0.29, 0.717) is 28.1 Å². The topological polar surface area (TPSA) is 86.1 Å². The summed E-state index contributed by atoms with van der Waals surface area (Å²) in [4.78, 5) is 36.2. The highest BCUT2D eigenvalue weighted by molar-refractivity contribution is 7.16. The highest BCUT2D eigenvalue weighted by Gasteiger charge is 2.17. The molecule has 1 aliphatic heterocycles. The molecule has 0 spiro atoms. The molecule has 33 heavy (non-hydrogen) atoms. The van der Waals surface area contributed by atoms with E-state index in [0.717, 1.165) is 53.4 Å². The Kier molecular flexibility index (Phi) is 5.68. The number of anilines is 1. The number of aryl methyl sites for hydroxylation is 2. The van der Waals surface area contributed by atoms with Gasteiger partial charge in [0, 0.05) is 29.0 Å². The summed E-state index contributed by atoms with van der Waals surface area (Å²) in [6.45, 7) is 2.69. The van der Waals surface area contributed by atoms with Crippen LogP contribution in [0.2, 0.25) is 0 Å². The second-order valence-corrected chi connectivity index (χ2v) is 9.34. The molecule has 0 atom stereocenters. The number of thiazole rings is 1. The van der Waals surface area contributed by atoms with E-state index in [1.807, 2.05) is 31.2 Å². The van der Waals surface area contributed by atoms with Crippen LogP contribution in [0.15, 0.2) is 47.3 Å². The van der Waals surface area contributed by atoms with Gasteiger partial charge < -0.3 is 4.74 Å². The third-order valence-electron chi connectivity index (χ3n) is 5.96. The highest BCUT2D eigenvalue weighted by Crippen LogP contribution is 2.31. The molecular formula is C25H24N4O3S. The van der Waals surface area contributed by atoms with Gasteiger partial charge in [0.15, 0.2) is 5.13 Å². The maximum atomic E-state index is 13.0. The van der Waals surface area contributed by atoms with Gasteiger partial charge in [-0.05, 0) is 62.2 Å².